The summed E-state index contributed by atoms with van der Waals surface area (Å²) >= 11 is 0. The molecule has 33 heavy (non-hydrogen) atoms. The number of rotatable bonds is 6. The fourth-order valence-electron chi connectivity index (χ4n) is 4.45. The number of fused-ring (bicyclic) bond motifs is 1. The normalized spacial score (nSPS) is 16.9. The summed E-state index contributed by atoms with van der Waals surface area (Å²) in [5.41, 5.74) is 4.67. The molecule has 1 aliphatic carbocycles. The van der Waals surface area contributed by atoms with Crippen LogP contribution in [0, 0.1) is 5.92 Å². The average molecular weight is 437 g/mol. The van der Waals surface area contributed by atoms with E-state index >= 15 is 0 Å². The van der Waals surface area contributed by atoms with Crippen molar-refractivity contribution >= 4 is 22.6 Å². The first kappa shape index (κ1) is 20.9. The van der Waals surface area contributed by atoms with Crippen LogP contribution in [-0.2, 0) is 16.1 Å². The van der Waals surface area contributed by atoms with E-state index < -0.39 is 0 Å². The predicted octanol–water partition coefficient (Wildman–Crippen LogP) is 5.11. The molecule has 0 radical (unpaired) electrons. The first-order chi connectivity index (χ1) is 16.2. The third-order valence-corrected chi connectivity index (χ3v) is 6.31. The van der Waals surface area contributed by atoms with Gasteiger partial charge in [0.15, 0.2) is 0 Å². The van der Waals surface area contributed by atoms with Crippen molar-refractivity contribution in [1.29, 1.82) is 0 Å². The molecule has 1 fully saturated rings. The Morgan fingerprint density at radius 1 is 1.00 bits per heavy atom. The standard InChI is InChI=1S/C28H24N2O3/c1-33-28(32)20-9-5-8-19(14-20)22-11-10-21(26-17-29-13-12-23(22)26)16-30-27(31)25-15-24(25)18-6-3-2-4-7-18/h2-14,17,24-25H,15-16H2,1H3,(H,30,31)/t24-,25+/m0/s1. The maximum Gasteiger partial charge on any atom is 0.337 e. The molecule has 3 aromatic carbocycles. The Kier molecular flexibility index (Phi) is 5.61. The van der Waals surface area contributed by atoms with Gasteiger partial charge >= 0.3 is 5.97 Å². The molecule has 0 spiro atoms. The van der Waals surface area contributed by atoms with Crippen molar-refractivity contribution in [3.05, 3.63) is 102 Å². The minimum atomic E-state index is -0.365. The number of ether oxygens (including phenoxy) is 1. The molecule has 0 bridgehead atoms. The molecule has 2 atom stereocenters. The third kappa shape index (κ3) is 4.22. The van der Waals surface area contributed by atoms with Crippen LogP contribution < -0.4 is 5.32 Å². The number of benzene rings is 3. The van der Waals surface area contributed by atoms with Crippen molar-refractivity contribution in [3.63, 3.8) is 0 Å². The van der Waals surface area contributed by atoms with Gasteiger partial charge in [-0.3, -0.25) is 9.78 Å². The van der Waals surface area contributed by atoms with Crippen LogP contribution in [0.1, 0.15) is 33.8 Å². The summed E-state index contributed by atoms with van der Waals surface area (Å²) in [6.07, 6.45) is 4.48. The molecule has 5 rings (SSSR count). The van der Waals surface area contributed by atoms with E-state index in [4.69, 9.17) is 4.74 Å². The lowest BCUT2D eigenvalue weighted by molar-refractivity contribution is -0.122. The maximum absolute atomic E-state index is 12.7. The summed E-state index contributed by atoms with van der Waals surface area (Å²) in [5, 5.41) is 5.12. The Hall–Kier alpha value is -3.99. The Labute approximate surface area is 192 Å². The summed E-state index contributed by atoms with van der Waals surface area (Å²) in [6, 6.07) is 23.6. The van der Waals surface area contributed by atoms with Crippen molar-refractivity contribution in [2.45, 2.75) is 18.9 Å². The van der Waals surface area contributed by atoms with Gasteiger partial charge in [0.1, 0.15) is 0 Å². The second-order valence-corrected chi connectivity index (χ2v) is 8.34. The zero-order valence-corrected chi connectivity index (χ0v) is 18.3. The SMILES string of the molecule is COC(=O)c1cccc(-c2ccc(CNC(=O)[C@@H]3C[C@H]3c3ccccc3)c3cnccc23)c1. The van der Waals surface area contributed by atoms with E-state index in [1.54, 1.807) is 12.3 Å². The fraction of sp³-hybridized carbons (Fsp3) is 0.179. The number of amides is 1. The molecule has 5 nitrogen and oxygen atoms in total. The quantitative estimate of drug-likeness (QED) is 0.427. The number of aromatic nitrogens is 1. The second-order valence-electron chi connectivity index (χ2n) is 8.34. The van der Waals surface area contributed by atoms with Crippen molar-refractivity contribution in [3.8, 4) is 11.1 Å². The van der Waals surface area contributed by atoms with Gasteiger partial charge in [-0.15, -0.1) is 0 Å². The van der Waals surface area contributed by atoms with Gasteiger partial charge in [0.05, 0.1) is 12.7 Å². The average Bonchev–Trinajstić information content (AvgIpc) is 3.68. The molecule has 1 aromatic heterocycles. The van der Waals surface area contributed by atoms with Crippen LogP contribution >= 0.6 is 0 Å². The molecule has 1 aliphatic rings. The highest BCUT2D eigenvalue weighted by Gasteiger charge is 2.43. The van der Waals surface area contributed by atoms with Crippen molar-refractivity contribution in [2.75, 3.05) is 7.11 Å². The Morgan fingerprint density at radius 2 is 1.85 bits per heavy atom. The van der Waals surface area contributed by atoms with Crippen molar-refractivity contribution < 1.29 is 14.3 Å². The number of nitrogens with zero attached hydrogens (tertiary/aromatic N) is 1. The number of carbonyl (C=O) groups excluding carboxylic acids is 2. The topological polar surface area (TPSA) is 68.3 Å². The highest BCUT2D eigenvalue weighted by atomic mass is 16.5. The van der Waals surface area contributed by atoms with Crippen LogP contribution in [0.5, 0.6) is 0 Å². The van der Waals surface area contributed by atoms with Gasteiger partial charge < -0.3 is 10.1 Å². The van der Waals surface area contributed by atoms with Gasteiger partial charge in [0.25, 0.3) is 0 Å². The van der Waals surface area contributed by atoms with Crippen LogP contribution in [0.25, 0.3) is 21.9 Å². The van der Waals surface area contributed by atoms with Crippen LogP contribution in [0.3, 0.4) is 0 Å². The van der Waals surface area contributed by atoms with E-state index in [2.05, 4.69) is 22.4 Å². The van der Waals surface area contributed by atoms with E-state index in [0.29, 0.717) is 18.0 Å². The van der Waals surface area contributed by atoms with Crippen molar-refractivity contribution in [1.82, 2.24) is 10.3 Å². The van der Waals surface area contributed by atoms with Gasteiger partial charge in [0, 0.05) is 30.2 Å². The molecule has 1 heterocycles. The molecule has 0 unspecified atom stereocenters. The van der Waals surface area contributed by atoms with E-state index in [1.165, 1.54) is 12.7 Å². The van der Waals surface area contributed by atoms with Gasteiger partial charge in [0.2, 0.25) is 5.91 Å². The van der Waals surface area contributed by atoms with Crippen LogP contribution in [-0.4, -0.2) is 24.0 Å². The highest BCUT2D eigenvalue weighted by Crippen LogP contribution is 2.47. The number of nitrogens with one attached hydrogen (secondary N) is 1. The van der Waals surface area contributed by atoms with Crippen LogP contribution in [0.2, 0.25) is 0 Å². The molecule has 4 aromatic rings. The fourth-order valence-corrected chi connectivity index (χ4v) is 4.45. The molecule has 1 amide bonds. The maximum atomic E-state index is 12.7. The lowest BCUT2D eigenvalue weighted by atomic mass is 9.95. The Morgan fingerprint density at radius 3 is 2.67 bits per heavy atom. The Balaban J connectivity index is 1.37. The molecule has 1 N–H and O–H groups in total. The predicted molar refractivity (Wildman–Crippen MR) is 128 cm³/mol. The number of carbonyl (C=O) groups is 2. The van der Waals surface area contributed by atoms with Gasteiger partial charge in [-0.1, -0.05) is 54.6 Å². The van der Waals surface area contributed by atoms with Crippen LogP contribution in [0.4, 0.5) is 0 Å². The number of methoxy groups -OCH3 is 1. The molecular formula is C28H24N2O3. The summed E-state index contributed by atoms with van der Waals surface area (Å²) in [6.45, 7) is 0.446. The number of hydrogen-bond acceptors (Lipinski definition) is 4. The Bertz CT molecular complexity index is 1330. The first-order valence-corrected chi connectivity index (χ1v) is 11.0. The molecule has 0 saturated heterocycles. The number of hydrogen-bond donors (Lipinski definition) is 1. The van der Waals surface area contributed by atoms with Gasteiger partial charge in [-0.25, -0.2) is 4.79 Å². The number of pyridine rings is 1. The zero-order valence-electron chi connectivity index (χ0n) is 18.3. The first-order valence-electron chi connectivity index (χ1n) is 11.0. The molecule has 5 heteroatoms. The smallest absolute Gasteiger partial charge is 0.337 e. The molecule has 0 aliphatic heterocycles. The highest BCUT2D eigenvalue weighted by molar-refractivity contribution is 5.99. The minimum Gasteiger partial charge on any atom is -0.465 e. The van der Waals surface area contributed by atoms with E-state index in [-0.39, 0.29) is 17.8 Å². The summed E-state index contributed by atoms with van der Waals surface area (Å²) in [5.74, 6) is 0.0815. The van der Waals surface area contributed by atoms with Crippen molar-refractivity contribution in [2.24, 2.45) is 5.92 Å². The second kappa shape index (κ2) is 8.87. The summed E-state index contributed by atoms with van der Waals surface area (Å²) in [7, 11) is 1.38. The lowest BCUT2D eigenvalue weighted by Crippen LogP contribution is -2.25. The summed E-state index contributed by atoms with van der Waals surface area (Å²) in [4.78, 5) is 29.0. The van der Waals surface area contributed by atoms with E-state index in [9.17, 15) is 9.59 Å². The monoisotopic (exact) mass is 436 g/mol. The van der Waals surface area contributed by atoms with E-state index in [1.807, 2.05) is 60.8 Å². The largest absolute Gasteiger partial charge is 0.465 e. The molecule has 164 valence electrons. The lowest BCUT2D eigenvalue weighted by Gasteiger charge is -2.13. The molecular weight excluding hydrogens is 412 g/mol. The third-order valence-electron chi connectivity index (χ3n) is 6.31. The van der Waals surface area contributed by atoms with Crippen LogP contribution in [0.15, 0.2) is 85.2 Å². The summed E-state index contributed by atoms with van der Waals surface area (Å²) < 4.78 is 4.86. The molecule has 1 saturated carbocycles. The van der Waals surface area contributed by atoms with E-state index in [0.717, 1.165) is 33.9 Å². The zero-order chi connectivity index (χ0) is 22.8. The van der Waals surface area contributed by atoms with Gasteiger partial charge in [-0.2, -0.15) is 0 Å². The van der Waals surface area contributed by atoms with Gasteiger partial charge in [-0.05, 0) is 58.2 Å². The minimum absolute atomic E-state index is 0.0390. The number of esters is 1.